The molecule has 0 aromatic carbocycles. The first-order chi connectivity index (χ1) is 6.72. The maximum atomic E-state index is 9.24. The van der Waals surface area contributed by atoms with Crippen molar-refractivity contribution in [2.24, 2.45) is 11.3 Å². The van der Waals surface area contributed by atoms with Crippen LogP contribution in [0.1, 0.15) is 45.4 Å². The van der Waals surface area contributed by atoms with Crippen molar-refractivity contribution in [3.63, 3.8) is 0 Å². The zero-order valence-corrected chi connectivity index (χ0v) is 9.38. The quantitative estimate of drug-likeness (QED) is 0.646. The van der Waals surface area contributed by atoms with E-state index in [1.165, 1.54) is 12.8 Å². The van der Waals surface area contributed by atoms with E-state index in [2.05, 4.69) is 13.0 Å². The molecule has 0 bridgehead atoms. The third-order valence-corrected chi connectivity index (χ3v) is 3.47. The van der Waals surface area contributed by atoms with Gasteiger partial charge in [0.25, 0.3) is 0 Å². The Morgan fingerprint density at radius 3 is 2.57 bits per heavy atom. The van der Waals surface area contributed by atoms with Crippen LogP contribution in [0.3, 0.4) is 0 Å². The van der Waals surface area contributed by atoms with Crippen molar-refractivity contribution in [2.45, 2.75) is 45.4 Å². The molecule has 0 saturated heterocycles. The minimum absolute atomic E-state index is 0.0228. The Morgan fingerprint density at radius 2 is 2.07 bits per heavy atom. The molecule has 0 unspecified atom stereocenters. The van der Waals surface area contributed by atoms with E-state index < -0.39 is 0 Å². The largest absolute Gasteiger partial charge is 0.385 e. The Kier molecular flexibility index (Phi) is 4.41. The Balaban J connectivity index is 2.39. The Morgan fingerprint density at radius 1 is 1.43 bits per heavy atom. The van der Waals surface area contributed by atoms with Gasteiger partial charge in [-0.3, -0.25) is 0 Å². The smallest absolute Gasteiger partial charge is 0.0689 e. The highest BCUT2D eigenvalue weighted by atomic mass is 16.5. The number of nitrogens with zero attached hydrogens (tertiary/aromatic N) is 1. The average Bonchev–Trinajstić information content (AvgIpc) is 2.22. The molecular formula is C12H21NO. The van der Waals surface area contributed by atoms with Gasteiger partial charge in [-0.1, -0.05) is 6.92 Å². The summed E-state index contributed by atoms with van der Waals surface area (Å²) in [6.45, 7) is 3.08. The van der Waals surface area contributed by atoms with Gasteiger partial charge >= 0.3 is 0 Å². The number of hydrogen-bond donors (Lipinski definition) is 0. The van der Waals surface area contributed by atoms with Gasteiger partial charge in [0.1, 0.15) is 0 Å². The number of nitriles is 1. The van der Waals surface area contributed by atoms with Crippen molar-refractivity contribution in [3.8, 4) is 6.07 Å². The van der Waals surface area contributed by atoms with Crippen molar-refractivity contribution < 1.29 is 4.74 Å². The van der Waals surface area contributed by atoms with Gasteiger partial charge in [0, 0.05) is 13.7 Å². The summed E-state index contributed by atoms with van der Waals surface area (Å²) in [5.74, 6) is 0.818. The predicted molar refractivity (Wildman–Crippen MR) is 56.8 cm³/mol. The van der Waals surface area contributed by atoms with Crippen LogP contribution < -0.4 is 0 Å². The van der Waals surface area contributed by atoms with Crippen LogP contribution in [0.5, 0.6) is 0 Å². The normalized spacial score (nSPS) is 32.5. The highest BCUT2D eigenvalue weighted by Gasteiger charge is 2.33. The average molecular weight is 195 g/mol. The van der Waals surface area contributed by atoms with Gasteiger partial charge < -0.3 is 4.74 Å². The summed E-state index contributed by atoms with van der Waals surface area (Å²) in [6, 6.07) is 2.54. The summed E-state index contributed by atoms with van der Waals surface area (Å²) < 4.78 is 5.03. The first-order valence-corrected chi connectivity index (χ1v) is 5.63. The lowest BCUT2D eigenvalue weighted by Gasteiger charge is -2.33. The molecule has 1 rings (SSSR count). The zero-order chi connectivity index (χ0) is 10.4. The number of methoxy groups -OCH3 is 1. The molecule has 0 heterocycles. The predicted octanol–water partition coefficient (Wildman–Crippen LogP) is 3.13. The first kappa shape index (κ1) is 11.5. The standard InChI is InChI=1S/C12H21NO/c1-11-4-7-12(10-13,8-5-11)6-3-9-14-2/h11H,3-9H2,1-2H3. The van der Waals surface area contributed by atoms with Gasteiger partial charge in [-0.25, -0.2) is 0 Å². The second-order valence-corrected chi connectivity index (χ2v) is 4.67. The molecule has 80 valence electrons. The molecule has 0 amide bonds. The third kappa shape index (κ3) is 2.99. The van der Waals surface area contributed by atoms with E-state index in [4.69, 9.17) is 4.74 Å². The second kappa shape index (κ2) is 5.36. The summed E-state index contributed by atoms with van der Waals surface area (Å²) in [4.78, 5) is 0. The van der Waals surface area contributed by atoms with Gasteiger partial charge in [0.05, 0.1) is 11.5 Å². The lowest BCUT2D eigenvalue weighted by molar-refractivity contribution is 0.155. The van der Waals surface area contributed by atoms with Crippen LogP contribution in [0.25, 0.3) is 0 Å². The van der Waals surface area contributed by atoms with Crippen LogP contribution in [-0.4, -0.2) is 13.7 Å². The van der Waals surface area contributed by atoms with E-state index in [9.17, 15) is 5.26 Å². The molecule has 0 aliphatic heterocycles. The Bertz CT molecular complexity index is 199. The molecule has 2 nitrogen and oxygen atoms in total. The van der Waals surface area contributed by atoms with Crippen LogP contribution in [0, 0.1) is 22.7 Å². The van der Waals surface area contributed by atoms with Crippen molar-refractivity contribution in [1.29, 1.82) is 5.26 Å². The van der Waals surface area contributed by atoms with Gasteiger partial charge in [-0.05, 0) is 44.4 Å². The van der Waals surface area contributed by atoms with E-state index in [0.29, 0.717) is 0 Å². The molecule has 1 aliphatic rings. The van der Waals surface area contributed by atoms with Crippen molar-refractivity contribution in [2.75, 3.05) is 13.7 Å². The number of hydrogen-bond acceptors (Lipinski definition) is 2. The molecule has 0 aromatic rings. The summed E-state index contributed by atoms with van der Waals surface area (Å²) in [6.07, 6.45) is 6.67. The van der Waals surface area contributed by atoms with Crippen molar-refractivity contribution in [1.82, 2.24) is 0 Å². The summed E-state index contributed by atoms with van der Waals surface area (Å²) in [5.41, 5.74) is -0.0228. The molecule has 0 atom stereocenters. The lowest BCUT2D eigenvalue weighted by atomic mass is 9.69. The van der Waals surface area contributed by atoms with Crippen molar-refractivity contribution >= 4 is 0 Å². The van der Waals surface area contributed by atoms with Crippen LogP contribution in [0.4, 0.5) is 0 Å². The minimum Gasteiger partial charge on any atom is -0.385 e. The molecule has 0 aromatic heterocycles. The Hall–Kier alpha value is -0.550. The van der Waals surface area contributed by atoms with E-state index in [0.717, 1.165) is 38.2 Å². The molecule has 1 aliphatic carbocycles. The third-order valence-electron chi connectivity index (χ3n) is 3.47. The maximum Gasteiger partial charge on any atom is 0.0689 e. The summed E-state index contributed by atoms with van der Waals surface area (Å²) >= 11 is 0. The fourth-order valence-corrected chi connectivity index (χ4v) is 2.29. The van der Waals surface area contributed by atoms with Crippen LogP contribution >= 0.6 is 0 Å². The lowest BCUT2D eigenvalue weighted by Crippen LogP contribution is -2.25. The van der Waals surface area contributed by atoms with Gasteiger partial charge in [-0.2, -0.15) is 5.26 Å². The number of ether oxygens (including phenoxy) is 1. The molecule has 0 radical (unpaired) electrons. The second-order valence-electron chi connectivity index (χ2n) is 4.67. The van der Waals surface area contributed by atoms with E-state index in [-0.39, 0.29) is 5.41 Å². The fraction of sp³-hybridized carbons (Fsp3) is 0.917. The zero-order valence-electron chi connectivity index (χ0n) is 9.38. The van der Waals surface area contributed by atoms with Crippen molar-refractivity contribution in [3.05, 3.63) is 0 Å². The fourth-order valence-electron chi connectivity index (χ4n) is 2.29. The van der Waals surface area contributed by atoms with Crippen LogP contribution in [0.2, 0.25) is 0 Å². The van der Waals surface area contributed by atoms with E-state index in [1.807, 2.05) is 0 Å². The SMILES string of the molecule is COCCCC1(C#N)CCC(C)CC1. The minimum atomic E-state index is -0.0228. The molecular weight excluding hydrogens is 174 g/mol. The van der Waals surface area contributed by atoms with E-state index >= 15 is 0 Å². The van der Waals surface area contributed by atoms with Gasteiger partial charge in [0.15, 0.2) is 0 Å². The molecule has 14 heavy (non-hydrogen) atoms. The van der Waals surface area contributed by atoms with E-state index in [1.54, 1.807) is 7.11 Å². The first-order valence-electron chi connectivity index (χ1n) is 5.63. The topological polar surface area (TPSA) is 33.0 Å². The molecule has 1 fully saturated rings. The molecule has 1 saturated carbocycles. The molecule has 2 heteroatoms. The molecule has 0 N–H and O–H groups in total. The summed E-state index contributed by atoms with van der Waals surface area (Å²) in [7, 11) is 1.72. The summed E-state index contributed by atoms with van der Waals surface area (Å²) in [5, 5.41) is 9.24. The monoisotopic (exact) mass is 195 g/mol. The number of rotatable bonds is 4. The highest BCUT2D eigenvalue weighted by Crippen LogP contribution is 2.41. The van der Waals surface area contributed by atoms with Crippen LogP contribution in [0.15, 0.2) is 0 Å². The Labute approximate surface area is 87.3 Å². The molecule has 0 spiro atoms. The highest BCUT2D eigenvalue weighted by molar-refractivity contribution is 5.01. The maximum absolute atomic E-state index is 9.24. The van der Waals surface area contributed by atoms with Gasteiger partial charge in [0.2, 0.25) is 0 Å². The van der Waals surface area contributed by atoms with Crippen LogP contribution in [-0.2, 0) is 4.74 Å². The van der Waals surface area contributed by atoms with Gasteiger partial charge in [-0.15, -0.1) is 0 Å².